The molecule has 0 radical (unpaired) electrons. The molecule has 0 aliphatic rings. The van der Waals surface area contributed by atoms with Crippen molar-refractivity contribution in [3.05, 3.63) is 12.2 Å². The van der Waals surface area contributed by atoms with Gasteiger partial charge in [0.1, 0.15) is 0 Å². The molecule has 0 heterocycles. The third-order valence-corrected chi connectivity index (χ3v) is 2.30. The standard InChI is InChI=1S/C8H14O5S.K.H/c1-3-4-8(9)13-5-7(2)6-14(10,11)12;;/h3-4,7H,5-6H2,1-2H3,(H,10,11,12);;/q;+1;-1. The van der Waals surface area contributed by atoms with Gasteiger partial charge in [-0.2, -0.15) is 8.42 Å². The maximum absolute atomic E-state index is 10.8. The average Bonchev–Trinajstić information content (AvgIpc) is 1.98. The Balaban J connectivity index is -0.000000845. The third-order valence-electron chi connectivity index (χ3n) is 1.31. The fraction of sp³-hybridized carbons (Fsp3) is 0.625. The maximum Gasteiger partial charge on any atom is 1.00 e. The Morgan fingerprint density at radius 2 is 2.13 bits per heavy atom. The molecule has 5 nitrogen and oxygen atoms in total. The molecule has 0 rings (SSSR count). The van der Waals surface area contributed by atoms with E-state index in [0.717, 1.165) is 0 Å². The van der Waals surface area contributed by atoms with E-state index in [-0.39, 0.29) is 59.4 Å². The van der Waals surface area contributed by atoms with Gasteiger partial charge in [0.2, 0.25) is 0 Å². The Hall–Kier alpha value is 0.756. The molecule has 0 spiro atoms. The average molecular weight is 262 g/mol. The van der Waals surface area contributed by atoms with Crippen molar-refractivity contribution in [2.24, 2.45) is 5.92 Å². The van der Waals surface area contributed by atoms with Gasteiger partial charge in [0.25, 0.3) is 10.1 Å². The second-order valence-corrected chi connectivity index (χ2v) is 4.48. The summed E-state index contributed by atoms with van der Waals surface area (Å²) in [6.07, 6.45) is 2.76. The molecule has 0 aromatic heterocycles. The van der Waals surface area contributed by atoms with Crippen LogP contribution in [-0.2, 0) is 19.6 Å². The quantitative estimate of drug-likeness (QED) is 0.262. The molecule has 7 heteroatoms. The molecule has 0 aliphatic heterocycles. The Bertz CT molecular complexity index is 314. The molecule has 0 amide bonds. The summed E-state index contributed by atoms with van der Waals surface area (Å²) in [7, 11) is -3.99. The van der Waals surface area contributed by atoms with Gasteiger partial charge in [0.15, 0.2) is 0 Å². The summed E-state index contributed by atoms with van der Waals surface area (Å²) in [4.78, 5) is 10.8. The first-order valence-electron chi connectivity index (χ1n) is 4.09. The topological polar surface area (TPSA) is 80.7 Å². The second kappa shape index (κ2) is 8.86. The summed E-state index contributed by atoms with van der Waals surface area (Å²) in [6.45, 7) is 3.21. The van der Waals surface area contributed by atoms with Crippen molar-refractivity contribution in [1.82, 2.24) is 0 Å². The molecule has 15 heavy (non-hydrogen) atoms. The van der Waals surface area contributed by atoms with Crippen LogP contribution < -0.4 is 51.4 Å². The van der Waals surface area contributed by atoms with Crippen molar-refractivity contribution < 1.29 is 75.3 Å². The van der Waals surface area contributed by atoms with E-state index in [1.165, 1.54) is 12.2 Å². The van der Waals surface area contributed by atoms with Crippen molar-refractivity contribution in [3.8, 4) is 0 Å². The van der Waals surface area contributed by atoms with Crippen LogP contribution in [0.5, 0.6) is 0 Å². The first-order valence-corrected chi connectivity index (χ1v) is 5.70. The summed E-state index contributed by atoms with van der Waals surface area (Å²) in [5.41, 5.74) is 0. The molecule has 0 aromatic rings. The molecule has 0 aromatic carbocycles. The van der Waals surface area contributed by atoms with Crippen LogP contribution in [0.25, 0.3) is 0 Å². The van der Waals surface area contributed by atoms with Crippen LogP contribution >= 0.6 is 0 Å². The molecule has 0 saturated heterocycles. The summed E-state index contributed by atoms with van der Waals surface area (Å²) in [6, 6.07) is 0. The van der Waals surface area contributed by atoms with Crippen LogP contribution in [-0.4, -0.2) is 31.3 Å². The van der Waals surface area contributed by atoms with Crippen LogP contribution in [0.2, 0.25) is 0 Å². The van der Waals surface area contributed by atoms with E-state index in [4.69, 9.17) is 4.55 Å². The summed E-state index contributed by atoms with van der Waals surface area (Å²) in [5.74, 6) is -1.34. The predicted molar refractivity (Wildman–Crippen MR) is 52.5 cm³/mol. The Labute approximate surface area is 134 Å². The number of carbonyl (C=O) groups excluding carboxylic acids is 1. The zero-order chi connectivity index (χ0) is 11.2. The van der Waals surface area contributed by atoms with Gasteiger partial charge in [-0.1, -0.05) is 13.0 Å². The maximum atomic E-state index is 10.8. The summed E-state index contributed by atoms with van der Waals surface area (Å²) in [5, 5.41) is 0. The van der Waals surface area contributed by atoms with Crippen molar-refractivity contribution in [3.63, 3.8) is 0 Å². The minimum absolute atomic E-state index is 0. The van der Waals surface area contributed by atoms with Gasteiger partial charge in [-0.15, -0.1) is 0 Å². The number of ether oxygens (including phenoxy) is 1. The van der Waals surface area contributed by atoms with Gasteiger partial charge in [0.05, 0.1) is 12.4 Å². The molecular weight excluding hydrogens is 247 g/mol. The van der Waals surface area contributed by atoms with E-state index >= 15 is 0 Å². The molecule has 0 fully saturated rings. The van der Waals surface area contributed by atoms with E-state index in [9.17, 15) is 13.2 Å². The number of esters is 1. The van der Waals surface area contributed by atoms with Gasteiger partial charge < -0.3 is 6.16 Å². The molecule has 0 bridgehead atoms. The Morgan fingerprint density at radius 3 is 2.53 bits per heavy atom. The summed E-state index contributed by atoms with van der Waals surface area (Å²) >= 11 is 0. The zero-order valence-electron chi connectivity index (χ0n) is 10.1. The second-order valence-electron chi connectivity index (χ2n) is 2.98. The fourth-order valence-electron chi connectivity index (χ4n) is 0.816. The first-order chi connectivity index (χ1) is 6.35. The van der Waals surface area contributed by atoms with Gasteiger partial charge in [0, 0.05) is 12.0 Å². The SMILES string of the molecule is CC=CC(=O)OCC(C)CS(=O)(=O)O.[H-].[K+]. The van der Waals surface area contributed by atoms with Crippen molar-refractivity contribution in [2.45, 2.75) is 13.8 Å². The minimum atomic E-state index is -3.99. The predicted octanol–water partition coefficient (Wildman–Crippen LogP) is -2.25. The monoisotopic (exact) mass is 262 g/mol. The minimum Gasteiger partial charge on any atom is -1.00 e. The number of hydrogen-bond acceptors (Lipinski definition) is 4. The number of allylic oxidation sites excluding steroid dienone is 1. The molecule has 1 N–H and O–H groups in total. The van der Waals surface area contributed by atoms with Gasteiger partial charge in [-0.25, -0.2) is 4.79 Å². The van der Waals surface area contributed by atoms with E-state index in [2.05, 4.69) is 4.74 Å². The zero-order valence-corrected chi connectivity index (χ0v) is 13.1. The van der Waals surface area contributed by atoms with Crippen LogP contribution in [0.15, 0.2) is 12.2 Å². The van der Waals surface area contributed by atoms with Crippen molar-refractivity contribution >= 4 is 16.1 Å². The largest absolute Gasteiger partial charge is 1.00 e. The number of carbonyl (C=O) groups is 1. The van der Waals surface area contributed by atoms with Gasteiger partial charge in [-0.05, 0) is 6.92 Å². The van der Waals surface area contributed by atoms with E-state index in [1.54, 1.807) is 13.8 Å². The summed E-state index contributed by atoms with van der Waals surface area (Å²) < 4.78 is 34.0. The van der Waals surface area contributed by atoms with Gasteiger partial charge in [-0.3, -0.25) is 4.55 Å². The van der Waals surface area contributed by atoms with Crippen molar-refractivity contribution in [1.29, 1.82) is 0 Å². The van der Waals surface area contributed by atoms with Gasteiger partial charge >= 0.3 is 57.4 Å². The van der Waals surface area contributed by atoms with E-state index in [0.29, 0.717) is 0 Å². The number of hydrogen-bond donors (Lipinski definition) is 1. The van der Waals surface area contributed by atoms with Crippen LogP contribution in [0, 0.1) is 5.92 Å². The van der Waals surface area contributed by atoms with E-state index < -0.39 is 27.8 Å². The van der Waals surface area contributed by atoms with Crippen molar-refractivity contribution in [2.75, 3.05) is 12.4 Å². The molecular formula is C8H15KO5S. The van der Waals surface area contributed by atoms with Crippen LogP contribution in [0.4, 0.5) is 0 Å². The molecule has 0 aliphatic carbocycles. The Kier molecular flexibility index (Phi) is 10.7. The Morgan fingerprint density at radius 1 is 1.60 bits per heavy atom. The third kappa shape index (κ3) is 12.7. The molecule has 84 valence electrons. The smallest absolute Gasteiger partial charge is 1.00 e. The van der Waals surface area contributed by atoms with Crippen LogP contribution in [0.1, 0.15) is 15.3 Å². The first kappa shape index (κ1) is 18.1. The molecule has 1 unspecified atom stereocenters. The molecule has 0 saturated carbocycles. The van der Waals surface area contributed by atoms with Crippen LogP contribution in [0.3, 0.4) is 0 Å². The molecule has 1 atom stereocenters. The normalized spacial score (nSPS) is 13.3. The number of rotatable bonds is 5. The van der Waals surface area contributed by atoms with E-state index in [1.807, 2.05) is 0 Å². The fourth-order valence-corrected chi connectivity index (χ4v) is 1.63.